The summed E-state index contributed by atoms with van der Waals surface area (Å²) in [6, 6.07) is 17.0. The topological polar surface area (TPSA) is 58.3 Å². The zero-order chi connectivity index (χ0) is 18.8. The number of hydrogen-bond donors (Lipinski definition) is 1. The van der Waals surface area contributed by atoms with Gasteiger partial charge in [0.15, 0.2) is 11.6 Å². The van der Waals surface area contributed by atoms with Gasteiger partial charge in [0.05, 0.1) is 0 Å². The lowest BCUT2D eigenvalue weighted by Crippen LogP contribution is -2.32. The molecule has 0 amide bonds. The SMILES string of the molecule is CCN(c1cccc(C)c1)c1ncnc(N2CCc3ccccc3C2)c1N. The van der Waals surface area contributed by atoms with Gasteiger partial charge < -0.3 is 15.5 Å². The largest absolute Gasteiger partial charge is 0.393 e. The first-order valence-electron chi connectivity index (χ1n) is 9.43. The van der Waals surface area contributed by atoms with Crippen molar-refractivity contribution in [2.45, 2.75) is 26.8 Å². The molecular formula is C22H25N5. The third-order valence-corrected chi connectivity index (χ3v) is 5.16. The second kappa shape index (κ2) is 7.27. The molecular weight excluding hydrogens is 334 g/mol. The van der Waals surface area contributed by atoms with E-state index in [2.05, 4.69) is 82.1 Å². The Labute approximate surface area is 160 Å². The summed E-state index contributed by atoms with van der Waals surface area (Å²) in [7, 11) is 0. The monoisotopic (exact) mass is 359 g/mol. The van der Waals surface area contributed by atoms with Gasteiger partial charge in [-0.1, -0.05) is 36.4 Å². The summed E-state index contributed by atoms with van der Waals surface area (Å²) in [5.74, 6) is 1.59. The van der Waals surface area contributed by atoms with Crippen LogP contribution in [0.3, 0.4) is 0 Å². The van der Waals surface area contributed by atoms with E-state index >= 15 is 0 Å². The highest BCUT2D eigenvalue weighted by molar-refractivity contribution is 5.80. The highest BCUT2D eigenvalue weighted by Crippen LogP contribution is 2.35. The number of aryl methyl sites for hydroxylation is 1. The third-order valence-electron chi connectivity index (χ3n) is 5.16. The fraction of sp³-hybridized carbons (Fsp3) is 0.273. The van der Waals surface area contributed by atoms with Crippen LogP contribution in [0.4, 0.5) is 23.0 Å². The molecule has 0 fully saturated rings. The maximum Gasteiger partial charge on any atom is 0.161 e. The minimum absolute atomic E-state index is 0.639. The van der Waals surface area contributed by atoms with E-state index in [4.69, 9.17) is 5.73 Å². The summed E-state index contributed by atoms with van der Waals surface area (Å²) in [5, 5.41) is 0. The molecule has 0 bridgehead atoms. The zero-order valence-electron chi connectivity index (χ0n) is 15.9. The van der Waals surface area contributed by atoms with Gasteiger partial charge in [-0.3, -0.25) is 0 Å². The van der Waals surface area contributed by atoms with Gasteiger partial charge in [-0.05, 0) is 49.1 Å². The summed E-state index contributed by atoms with van der Waals surface area (Å²) in [5.41, 5.74) is 12.3. The van der Waals surface area contributed by atoms with E-state index in [0.29, 0.717) is 5.69 Å². The van der Waals surface area contributed by atoms with E-state index in [1.807, 2.05) is 0 Å². The van der Waals surface area contributed by atoms with Gasteiger partial charge in [0.1, 0.15) is 12.0 Å². The highest BCUT2D eigenvalue weighted by atomic mass is 15.3. The molecule has 0 saturated heterocycles. The number of nitrogens with zero attached hydrogens (tertiary/aromatic N) is 4. The van der Waals surface area contributed by atoms with Crippen LogP contribution in [-0.4, -0.2) is 23.1 Å². The lowest BCUT2D eigenvalue weighted by molar-refractivity contribution is 0.720. The molecule has 0 spiro atoms. The fourth-order valence-electron chi connectivity index (χ4n) is 3.77. The van der Waals surface area contributed by atoms with Gasteiger partial charge in [0, 0.05) is 25.3 Å². The predicted molar refractivity (Wildman–Crippen MR) is 111 cm³/mol. The molecule has 5 heteroatoms. The molecule has 0 saturated carbocycles. The summed E-state index contributed by atoms with van der Waals surface area (Å²) >= 11 is 0. The van der Waals surface area contributed by atoms with Crippen molar-refractivity contribution in [3.8, 4) is 0 Å². The number of nitrogens with two attached hydrogens (primary N) is 1. The van der Waals surface area contributed by atoms with Crippen molar-refractivity contribution < 1.29 is 0 Å². The Kier molecular flexibility index (Phi) is 4.67. The van der Waals surface area contributed by atoms with Gasteiger partial charge >= 0.3 is 0 Å². The Hall–Kier alpha value is -3.08. The molecule has 0 unspecified atom stereocenters. The molecule has 2 N–H and O–H groups in total. The molecule has 4 rings (SSSR count). The number of nitrogen functional groups attached to an aromatic ring is 1. The van der Waals surface area contributed by atoms with E-state index in [9.17, 15) is 0 Å². The lowest BCUT2D eigenvalue weighted by atomic mass is 10.00. The normalized spacial score (nSPS) is 13.3. The zero-order valence-corrected chi connectivity index (χ0v) is 15.9. The molecule has 27 heavy (non-hydrogen) atoms. The second-order valence-electron chi connectivity index (χ2n) is 6.96. The van der Waals surface area contributed by atoms with Gasteiger partial charge in [-0.25, -0.2) is 9.97 Å². The van der Waals surface area contributed by atoms with Crippen molar-refractivity contribution in [2.24, 2.45) is 0 Å². The van der Waals surface area contributed by atoms with Crippen LogP contribution in [0.25, 0.3) is 0 Å². The molecule has 1 aromatic heterocycles. The first-order valence-corrected chi connectivity index (χ1v) is 9.43. The lowest BCUT2D eigenvalue weighted by Gasteiger charge is -2.32. The first kappa shape index (κ1) is 17.3. The Morgan fingerprint density at radius 1 is 1.07 bits per heavy atom. The Morgan fingerprint density at radius 2 is 1.89 bits per heavy atom. The smallest absolute Gasteiger partial charge is 0.161 e. The van der Waals surface area contributed by atoms with E-state index in [1.165, 1.54) is 16.7 Å². The minimum Gasteiger partial charge on any atom is -0.393 e. The highest BCUT2D eigenvalue weighted by Gasteiger charge is 2.22. The predicted octanol–water partition coefficient (Wildman–Crippen LogP) is 4.09. The summed E-state index contributed by atoms with van der Waals surface area (Å²) in [4.78, 5) is 13.4. The molecule has 138 valence electrons. The molecule has 0 atom stereocenters. The number of anilines is 4. The van der Waals surface area contributed by atoms with Crippen LogP contribution in [0.15, 0.2) is 54.9 Å². The molecule has 5 nitrogen and oxygen atoms in total. The summed E-state index contributed by atoms with van der Waals surface area (Å²) < 4.78 is 0. The Bertz CT molecular complexity index is 953. The molecule has 1 aliphatic rings. The van der Waals surface area contributed by atoms with Crippen molar-refractivity contribution in [3.05, 3.63) is 71.5 Å². The van der Waals surface area contributed by atoms with E-state index in [-0.39, 0.29) is 0 Å². The van der Waals surface area contributed by atoms with Crippen molar-refractivity contribution in [1.82, 2.24) is 9.97 Å². The fourth-order valence-corrected chi connectivity index (χ4v) is 3.77. The number of benzene rings is 2. The van der Waals surface area contributed by atoms with Crippen LogP contribution in [0, 0.1) is 6.92 Å². The van der Waals surface area contributed by atoms with Gasteiger partial charge in [0.2, 0.25) is 0 Å². The van der Waals surface area contributed by atoms with Crippen LogP contribution in [-0.2, 0) is 13.0 Å². The number of hydrogen-bond acceptors (Lipinski definition) is 5. The average molecular weight is 359 g/mol. The maximum absolute atomic E-state index is 6.58. The molecule has 2 heterocycles. The third kappa shape index (κ3) is 3.33. The minimum atomic E-state index is 0.639. The van der Waals surface area contributed by atoms with Crippen molar-refractivity contribution >= 4 is 23.0 Å². The second-order valence-corrected chi connectivity index (χ2v) is 6.96. The maximum atomic E-state index is 6.58. The van der Waals surface area contributed by atoms with Crippen LogP contribution in [0.1, 0.15) is 23.6 Å². The standard InChI is InChI=1S/C22H25N5/c1-3-27(19-10-6-7-16(2)13-19)22-20(23)21(24-15-25-22)26-12-11-17-8-4-5-9-18(17)14-26/h4-10,13,15H,3,11-12,14,23H2,1-2H3. The number of aromatic nitrogens is 2. The molecule has 1 aliphatic heterocycles. The van der Waals surface area contributed by atoms with E-state index < -0.39 is 0 Å². The van der Waals surface area contributed by atoms with E-state index in [0.717, 1.165) is 43.4 Å². The quantitative estimate of drug-likeness (QED) is 0.760. The van der Waals surface area contributed by atoms with Crippen LogP contribution in [0.5, 0.6) is 0 Å². The van der Waals surface area contributed by atoms with Crippen molar-refractivity contribution in [1.29, 1.82) is 0 Å². The van der Waals surface area contributed by atoms with Gasteiger partial charge in [-0.2, -0.15) is 0 Å². The first-order chi connectivity index (χ1) is 13.2. The average Bonchev–Trinajstić information content (AvgIpc) is 2.69. The number of fused-ring (bicyclic) bond motifs is 1. The van der Waals surface area contributed by atoms with E-state index in [1.54, 1.807) is 6.33 Å². The molecule has 2 aromatic carbocycles. The van der Waals surface area contributed by atoms with Crippen molar-refractivity contribution in [2.75, 3.05) is 28.6 Å². The van der Waals surface area contributed by atoms with Crippen LogP contribution < -0.4 is 15.5 Å². The summed E-state index contributed by atoms with van der Waals surface area (Å²) in [6.07, 6.45) is 2.63. The Morgan fingerprint density at radius 3 is 2.67 bits per heavy atom. The van der Waals surface area contributed by atoms with Crippen LogP contribution >= 0.6 is 0 Å². The van der Waals surface area contributed by atoms with Crippen LogP contribution in [0.2, 0.25) is 0 Å². The van der Waals surface area contributed by atoms with Gasteiger partial charge in [0.25, 0.3) is 0 Å². The molecule has 0 radical (unpaired) electrons. The molecule has 0 aliphatic carbocycles. The summed E-state index contributed by atoms with van der Waals surface area (Å²) in [6.45, 7) is 6.73. The number of rotatable bonds is 4. The van der Waals surface area contributed by atoms with Crippen molar-refractivity contribution in [3.63, 3.8) is 0 Å². The Balaban J connectivity index is 1.69. The molecule has 3 aromatic rings. The van der Waals surface area contributed by atoms with Gasteiger partial charge in [-0.15, -0.1) is 0 Å².